The number of alkyl halides is 3. The van der Waals surface area contributed by atoms with Gasteiger partial charge in [0.2, 0.25) is 0 Å². The van der Waals surface area contributed by atoms with Crippen molar-refractivity contribution in [1.82, 2.24) is 9.13 Å². The van der Waals surface area contributed by atoms with Crippen LogP contribution < -0.4 is 0 Å². The van der Waals surface area contributed by atoms with Crippen LogP contribution in [-0.2, 0) is 32.1 Å². The predicted molar refractivity (Wildman–Crippen MR) is 86.7 cm³/mol. The van der Waals surface area contributed by atoms with Crippen molar-refractivity contribution < 1.29 is 13.2 Å². The zero-order chi connectivity index (χ0) is 17.6. The van der Waals surface area contributed by atoms with E-state index in [-0.39, 0.29) is 13.0 Å². The number of halogens is 3. The van der Waals surface area contributed by atoms with Gasteiger partial charge in [-0.2, -0.15) is 13.2 Å². The summed E-state index contributed by atoms with van der Waals surface area (Å²) in [6.07, 6.45) is 11.8. The first-order valence-electron chi connectivity index (χ1n) is 7.17. The molecule has 5 heteroatoms. The summed E-state index contributed by atoms with van der Waals surface area (Å²) in [5.74, 6) is 10.6. The molecule has 0 aliphatic heterocycles. The fourth-order valence-corrected chi connectivity index (χ4v) is 2.26. The van der Waals surface area contributed by atoms with Crippen molar-refractivity contribution in [2.45, 2.75) is 32.1 Å². The molecule has 0 N–H and O–H groups in total. The maximum atomic E-state index is 12.9. The van der Waals surface area contributed by atoms with Gasteiger partial charge in [-0.25, -0.2) is 0 Å². The van der Waals surface area contributed by atoms with Crippen LogP contribution in [0, 0.1) is 36.5 Å². The fraction of sp³-hybridized carbons (Fsp3) is 0.263. The third-order valence-electron chi connectivity index (χ3n) is 3.30. The van der Waals surface area contributed by atoms with Gasteiger partial charge in [0.25, 0.3) is 0 Å². The third kappa shape index (κ3) is 4.51. The fourth-order valence-electron chi connectivity index (χ4n) is 2.26. The summed E-state index contributed by atoms with van der Waals surface area (Å²) in [6.45, 7) is 0.376. The molecule has 0 fully saturated rings. The highest BCUT2D eigenvalue weighted by Crippen LogP contribution is 2.30. The van der Waals surface area contributed by atoms with Crippen LogP contribution in [0.25, 0.3) is 0 Å². The van der Waals surface area contributed by atoms with Crippen LogP contribution in [0.1, 0.15) is 16.8 Å². The van der Waals surface area contributed by atoms with Crippen LogP contribution in [0.4, 0.5) is 13.2 Å². The van der Waals surface area contributed by atoms with Gasteiger partial charge in [-0.15, -0.1) is 12.8 Å². The molecule has 24 heavy (non-hydrogen) atoms. The molecule has 0 saturated carbocycles. The Morgan fingerprint density at radius 2 is 1.62 bits per heavy atom. The average molecular weight is 328 g/mol. The van der Waals surface area contributed by atoms with Gasteiger partial charge in [-0.05, 0) is 23.3 Å². The van der Waals surface area contributed by atoms with Crippen LogP contribution in [0.3, 0.4) is 0 Å². The summed E-state index contributed by atoms with van der Waals surface area (Å²) in [4.78, 5) is 0. The van der Waals surface area contributed by atoms with Crippen LogP contribution in [-0.4, -0.2) is 9.13 Å². The Bertz CT molecular complexity index is 842. The van der Waals surface area contributed by atoms with E-state index in [0.717, 1.165) is 16.2 Å². The van der Waals surface area contributed by atoms with Gasteiger partial charge in [0.15, 0.2) is 0 Å². The first-order valence-corrected chi connectivity index (χ1v) is 7.17. The van der Waals surface area contributed by atoms with Crippen molar-refractivity contribution in [3.8, 4) is 36.5 Å². The van der Waals surface area contributed by atoms with E-state index in [0.29, 0.717) is 18.5 Å². The molecule has 0 saturated heterocycles. The SMILES string of the molecule is C#CCn1ccc(CC#CCc2cc(C(F)(F)F)n(CC#C)c2)c1. The lowest BCUT2D eigenvalue weighted by Gasteiger charge is -2.08. The van der Waals surface area contributed by atoms with Crippen LogP contribution in [0.5, 0.6) is 0 Å². The Morgan fingerprint density at radius 1 is 0.958 bits per heavy atom. The summed E-state index contributed by atoms with van der Waals surface area (Å²) in [5.41, 5.74) is 0.761. The van der Waals surface area contributed by atoms with E-state index in [2.05, 4.69) is 23.7 Å². The van der Waals surface area contributed by atoms with Gasteiger partial charge in [-0.1, -0.05) is 23.7 Å². The first kappa shape index (κ1) is 17.4. The molecule has 0 atom stereocenters. The van der Waals surface area contributed by atoms with Crippen molar-refractivity contribution in [3.05, 3.63) is 47.5 Å². The largest absolute Gasteiger partial charge is 0.431 e. The summed E-state index contributed by atoms with van der Waals surface area (Å²) < 4.78 is 41.6. The van der Waals surface area contributed by atoms with E-state index >= 15 is 0 Å². The highest BCUT2D eigenvalue weighted by Gasteiger charge is 2.34. The molecule has 122 valence electrons. The Labute approximate surface area is 139 Å². The molecule has 2 aromatic rings. The molecular formula is C19H15F3N2. The second kappa shape index (κ2) is 7.53. The Kier molecular flexibility index (Phi) is 5.46. The second-order valence-corrected chi connectivity index (χ2v) is 5.17. The average Bonchev–Trinajstić information content (AvgIpc) is 3.11. The summed E-state index contributed by atoms with van der Waals surface area (Å²) in [6, 6.07) is 3.01. The number of terminal acetylenes is 2. The van der Waals surface area contributed by atoms with Gasteiger partial charge in [0, 0.05) is 31.4 Å². The molecule has 0 aliphatic rings. The summed E-state index contributed by atoms with van der Waals surface area (Å²) in [5, 5.41) is 0. The maximum absolute atomic E-state index is 12.9. The van der Waals surface area contributed by atoms with E-state index in [1.165, 1.54) is 6.20 Å². The molecule has 0 spiro atoms. The molecule has 0 unspecified atom stereocenters. The van der Waals surface area contributed by atoms with Crippen LogP contribution in [0.15, 0.2) is 30.7 Å². The van der Waals surface area contributed by atoms with Gasteiger partial charge in [0.05, 0.1) is 13.1 Å². The molecule has 2 rings (SSSR count). The zero-order valence-corrected chi connectivity index (χ0v) is 12.9. The number of hydrogen-bond donors (Lipinski definition) is 0. The smallest absolute Gasteiger partial charge is 0.343 e. The minimum absolute atomic E-state index is 0.120. The van der Waals surface area contributed by atoms with E-state index in [4.69, 9.17) is 12.8 Å². The van der Waals surface area contributed by atoms with Gasteiger partial charge >= 0.3 is 6.18 Å². The maximum Gasteiger partial charge on any atom is 0.431 e. The lowest BCUT2D eigenvalue weighted by atomic mass is 10.2. The number of hydrogen-bond acceptors (Lipinski definition) is 0. The molecule has 2 nitrogen and oxygen atoms in total. The summed E-state index contributed by atoms with van der Waals surface area (Å²) in [7, 11) is 0. The topological polar surface area (TPSA) is 9.86 Å². The normalized spacial score (nSPS) is 10.5. The molecule has 0 aliphatic carbocycles. The number of aromatic nitrogens is 2. The molecule has 2 aromatic heterocycles. The monoisotopic (exact) mass is 328 g/mol. The van der Waals surface area contributed by atoms with E-state index in [9.17, 15) is 13.2 Å². The van der Waals surface area contributed by atoms with Gasteiger partial charge < -0.3 is 9.13 Å². The third-order valence-corrected chi connectivity index (χ3v) is 3.30. The van der Waals surface area contributed by atoms with Crippen LogP contribution >= 0.6 is 0 Å². The van der Waals surface area contributed by atoms with Crippen molar-refractivity contribution >= 4 is 0 Å². The number of rotatable bonds is 4. The highest BCUT2D eigenvalue weighted by molar-refractivity contribution is 5.27. The lowest BCUT2D eigenvalue weighted by molar-refractivity contribution is -0.143. The van der Waals surface area contributed by atoms with Gasteiger partial charge in [-0.3, -0.25) is 0 Å². The molecule has 0 radical (unpaired) electrons. The van der Waals surface area contributed by atoms with Crippen LogP contribution in [0.2, 0.25) is 0 Å². The molecule has 2 heterocycles. The van der Waals surface area contributed by atoms with Crippen molar-refractivity contribution in [2.75, 3.05) is 0 Å². The Balaban J connectivity index is 2.02. The Morgan fingerprint density at radius 3 is 2.25 bits per heavy atom. The zero-order valence-electron chi connectivity index (χ0n) is 12.9. The Hall–Kier alpha value is -2.97. The highest BCUT2D eigenvalue weighted by atomic mass is 19.4. The van der Waals surface area contributed by atoms with E-state index in [1.54, 1.807) is 0 Å². The molecular weight excluding hydrogens is 313 g/mol. The minimum Gasteiger partial charge on any atom is -0.343 e. The van der Waals surface area contributed by atoms with Crippen molar-refractivity contribution in [3.63, 3.8) is 0 Å². The van der Waals surface area contributed by atoms with Crippen molar-refractivity contribution in [1.29, 1.82) is 0 Å². The molecule has 0 amide bonds. The standard InChI is InChI=1S/C19H15F3N2/c1-3-10-23-12-9-16(14-23)7-5-6-8-17-13-18(19(20,21)22)24(15-17)11-4-2/h1-2,9,12-15H,7-8,10-11H2. The second-order valence-electron chi connectivity index (χ2n) is 5.17. The van der Waals surface area contributed by atoms with Crippen molar-refractivity contribution in [2.24, 2.45) is 0 Å². The molecule has 0 aromatic carbocycles. The van der Waals surface area contributed by atoms with Gasteiger partial charge in [0.1, 0.15) is 5.69 Å². The lowest BCUT2D eigenvalue weighted by Crippen LogP contribution is -2.12. The number of nitrogens with zero attached hydrogens (tertiary/aromatic N) is 2. The van der Waals surface area contributed by atoms with E-state index in [1.807, 2.05) is 23.0 Å². The minimum atomic E-state index is -4.43. The molecule has 0 bridgehead atoms. The predicted octanol–water partition coefficient (Wildman–Crippen LogP) is 3.36. The summed E-state index contributed by atoms with van der Waals surface area (Å²) >= 11 is 0. The first-order chi connectivity index (χ1) is 11.4. The quantitative estimate of drug-likeness (QED) is 0.762. The van der Waals surface area contributed by atoms with E-state index < -0.39 is 11.9 Å².